The van der Waals surface area contributed by atoms with E-state index in [0.29, 0.717) is 6.42 Å². The summed E-state index contributed by atoms with van der Waals surface area (Å²) in [5, 5.41) is 31.7. The molecular weight excluding hydrogens is 260 g/mol. The van der Waals surface area contributed by atoms with Crippen molar-refractivity contribution in [1.29, 1.82) is 0 Å². The zero-order valence-electron chi connectivity index (χ0n) is 12.1. The fourth-order valence-electron chi connectivity index (χ4n) is 5.89. The van der Waals surface area contributed by atoms with Gasteiger partial charge >= 0.3 is 5.97 Å². The lowest BCUT2D eigenvalue weighted by atomic mass is 9.60. The highest BCUT2D eigenvalue weighted by atomic mass is 16.7. The first-order valence-corrected chi connectivity index (χ1v) is 7.40. The number of fused-ring (bicyclic) bond motifs is 2. The molecule has 4 rings (SSSR count). The molecule has 3 saturated carbocycles. The fraction of sp³-hybridized carbons (Fsp3) is 0.933. The number of esters is 1. The van der Waals surface area contributed by atoms with E-state index in [1.807, 2.05) is 6.92 Å². The molecule has 1 spiro atoms. The van der Waals surface area contributed by atoms with Crippen molar-refractivity contribution in [3.8, 4) is 0 Å². The van der Waals surface area contributed by atoms with E-state index in [1.165, 1.54) is 0 Å². The first-order valence-electron chi connectivity index (χ1n) is 7.40. The van der Waals surface area contributed by atoms with E-state index in [-0.39, 0.29) is 22.7 Å². The van der Waals surface area contributed by atoms with E-state index >= 15 is 0 Å². The summed E-state index contributed by atoms with van der Waals surface area (Å²) in [6, 6.07) is 0. The van der Waals surface area contributed by atoms with Crippen LogP contribution in [0.3, 0.4) is 0 Å². The molecule has 3 N–H and O–H groups in total. The lowest BCUT2D eigenvalue weighted by molar-refractivity contribution is -0.241. The van der Waals surface area contributed by atoms with Crippen LogP contribution in [0.1, 0.15) is 40.0 Å². The second-order valence-electron chi connectivity index (χ2n) is 8.37. The third-order valence-corrected chi connectivity index (χ3v) is 6.86. The van der Waals surface area contributed by atoms with Gasteiger partial charge in [-0.3, -0.25) is 4.79 Å². The quantitative estimate of drug-likeness (QED) is 0.560. The standard InChI is InChI=1S/C15H22O5/c1-12(2)4-7-8(5-12)13(3)6-14(13)10(17)20-11(18)15(14,19)9(7)16/h7-9,11,16,18-19H,4-6H2,1-3H3. The van der Waals surface area contributed by atoms with Crippen LogP contribution < -0.4 is 0 Å². The molecule has 1 heterocycles. The summed E-state index contributed by atoms with van der Waals surface area (Å²) in [7, 11) is 0. The van der Waals surface area contributed by atoms with Crippen molar-refractivity contribution in [1.82, 2.24) is 0 Å². The molecule has 5 heteroatoms. The molecule has 0 radical (unpaired) electrons. The number of carbonyl (C=O) groups excluding carboxylic acids is 1. The van der Waals surface area contributed by atoms with Gasteiger partial charge in [-0.1, -0.05) is 20.8 Å². The van der Waals surface area contributed by atoms with Gasteiger partial charge in [-0.2, -0.15) is 0 Å². The molecule has 0 bridgehead atoms. The second-order valence-corrected chi connectivity index (χ2v) is 8.37. The van der Waals surface area contributed by atoms with Gasteiger partial charge in [-0.15, -0.1) is 0 Å². The van der Waals surface area contributed by atoms with E-state index in [0.717, 1.165) is 12.8 Å². The maximum absolute atomic E-state index is 12.2. The molecule has 7 atom stereocenters. The maximum Gasteiger partial charge on any atom is 0.318 e. The number of ether oxygens (including phenoxy) is 1. The Kier molecular flexibility index (Phi) is 2.01. The number of cyclic esters (lactones) is 1. The van der Waals surface area contributed by atoms with Crippen LogP contribution in [0.5, 0.6) is 0 Å². The predicted octanol–water partition coefficient (Wildman–Crippen LogP) is 0.416. The molecule has 7 unspecified atom stereocenters. The van der Waals surface area contributed by atoms with Crippen molar-refractivity contribution in [2.24, 2.45) is 28.1 Å². The van der Waals surface area contributed by atoms with E-state index in [9.17, 15) is 20.1 Å². The summed E-state index contributed by atoms with van der Waals surface area (Å²) in [6.07, 6.45) is -0.483. The molecule has 20 heavy (non-hydrogen) atoms. The summed E-state index contributed by atoms with van der Waals surface area (Å²) >= 11 is 0. The van der Waals surface area contributed by atoms with E-state index in [1.54, 1.807) is 0 Å². The molecule has 0 amide bonds. The van der Waals surface area contributed by atoms with Crippen LogP contribution in [0, 0.1) is 28.1 Å². The Hall–Kier alpha value is -0.650. The van der Waals surface area contributed by atoms with Crippen LogP contribution in [0.15, 0.2) is 0 Å². The highest BCUT2D eigenvalue weighted by molar-refractivity contribution is 5.87. The average Bonchev–Trinajstić information content (AvgIpc) is 2.80. The van der Waals surface area contributed by atoms with Gasteiger partial charge in [0, 0.05) is 0 Å². The zero-order valence-corrected chi connectivity index (χ0v) is 12.1. The van der Waals surface area contributed by atoms with Gasteiger partial charge in [0.05, 0.1) is 6.10 Å². The third-order valence-electron chi connectivity index (χ3n) is 6.86. The second kappa shape index (κ2) is 3.08. The van der Waals surface area contributed by atoms with E-state index in [4.69, 9.17) is 4.74 Å². The minimum Gasteiger partial charge on any atom is -0.432 e. The van der Waals surface area contributed by atoms with Gasteiger partial charge in [0.1, 0.15) is 5.41 Å². The Morgan fingerprint density at radius 1 is 1.20 bits per heavy atom. The monoisotopic (exact) mass is 282 g/mol. The van der Waals surface area contributed by atoms with Crippen LogP contribution in [-0.2, 0) is 9.53 Å². The number of hydrogen-bond donors (Lipinski definition) is 3. The maximum atomic E-state index is 12.2. The molecule has 0 aromatic heterocycles. The van der Waals surface area contributed by atoms with Crippen LogP contribution >= 0.6 is 0 Å². The Morgan fingerprint density at radius 3 is 2.50 bits per heavy atom. The summed E-state index contributed by atoms with van der Waals surface area (Å²) in [4.78, 5) is 12.2. The summed E-state index contributed by atoms with van der Waals surface area (Å²) in [6.45, 7) is 6.32. The van der Waals surface area contributed by atoms with Crippen molar-refractivity contribution in [2.75, 3.05) is 0 Å². The number of rotatable bonds is 0. The SMILES string of the molecule is CC1(C)CC2C(C1)C1(C)CC13C(=O)OC(O)C3(O)C2O. The summed E-state index contributed by atoms with van der Waals surface area (Å²) in [5.74, 6) is -0.428. The molecule has 3 aliphatic carbocycles. The summed E-state index contributed by atoms with van der Waals surface area (Å²) < 4.78 is 4.92. The normalized spacial score (nSPS) is 62.4. The van der Waals surface area contributed by atoms with Crippen LogP contribution in [0.4, 0.5) is 0 Å². The topological polar surface area (TPSA) is 87.0 Å². The fourth-order valence-corrected chi connectivity index (χ4v) is 5.89. The van der Waals surface area contributed by atoms with Crippen molar-refractivity contribution < 1.29 is 24.9 Å². The smallest absolute Gasteiger partial charge is 0.318 e. The van der Waals surface area contributed by atoms with Gasteiger partial charge in [0.25, 0.3) is 0 Å². The first kappa shape index (κ1) is 13.0. The van der Waals surface area contributed by atoms with Crippen molar-refractivity contribution in [3.05, 3.63) is 0 Å². The molecule has 4 fully saturated rings. The Balaban J connectivity index is 1.87. The van der Waals surface area contributed by atoms with Crippen molar-refractivity contribution in [3.63, 3.8) is 0 Å². The molecule has 1 aliphatic heterocycles. The van der Waals surface area contributed by atoms with Gasteiger partial charge in [0.15, 0.2) is 5.60 Å². The van der Waals surface area contributed by atoms with Crippen LogP contribution in [0.25, 0.3) is 0 Å². The predicted molar refractivity (Wildman–Crippen MR) is 68.2 cm³/mol. The number of hydrogen-bond acceptors (Lipinski definition) is 5. The largest absolute Gasteiger partial charge is 0.432 e. The van der Waals surface area contributed by atoms with E-state index < -0.39 is 29.4 Å². The zero-order chi connectivity index (χ0) is 14.7. The Labute approximate surface area is 117 Å². The number of aliphatic hydroxyl groups is 3. The highest BCUT2D eigenvalue weighted by Crippen LogP contribution is 2.82. The van der Waals surface area contributed by atoms with Gasteiger partial charge in [-0.25, -0.2) is 0 Å². The minimum atomic E-state index is -1.85. The number of aliphatic hydroxyl groups excluding tert-OH is 2. The molecule has 112 valence electrons. The molecule has 5 nitrogen and oxygen atoms in total. The molecule has 1 saturated heterocycles. The average molecular weight is 282 g/mol. The molecule has 4 aliphatic rings. The molecular formula is C15H22O5. The lowest BCUT2D eigenvalue weighted by Crippen LogP contribution is -2.63. The van der Waals surface area contributed by atoms with Crippen molar-refractivity contribution >= 4 is 5.97 Å². The van der Waals surface area contributed by atoms with Gasteiger partial charge < -0.3 is 20.1 Å². The van der Waals surface area contributed by atoms with Gasteiger partial charge in [0.2, 0.25) is 6.29 Å². The number of carbonyl (C=O) groups is 1. The molecule has 0 aromatic carbocycles. The molecule has 0 aromatic rings. The van der Waals surface area contributed by atoms with Crippen LogP contribution in [-0.4, -0.2) is 39.3 Å². The first-order chi connectivity index (χ1) is 9.10. The Morgan fingerprint density at radius 2 is 1.85 bits per heavy atom. The minimum absolute atomic E-state index is 0.0835. The lowest BCUT2D eigenvalue weighted by Gasteiger charge is -2.46. The van der Waals surface area contributed by atoms with Crippen LogP contribution in [0.2, 0.25) is 0 Å². The van der Waals surface area contributed by atoms with Gasteiger partial charge in [-0.05, 0) is 41.9 Å². The third kappa shape index (κ3) is 1.02. The Bertz CT molecular complexity index is 516. The van der Waals surface area contributed by atoms with Crippen molar-refractivity contribution in [2.45, 2.75) is 58.0 Å². The van der Waals surface area contributed by atoms with E-state index in [2.05, 4.69) is 13.8 Å². The highest BCUT2D eigenvalue weighted by Gasteiger charge is 2.91. The summed E-state index contributed by atoms with van der Waals surface area (Å²) in [5.41, 5.74) is -3.23.